The third-order valence-electron chi connectivity index (χ3n) is 4.25. The number of amides is 1. The molecule has 1 aromatic carbocycles. The van der Waals surface area contributed by atoms with Crippen molar-refractivity contribution < 1.29 is 4.79 Å². The van der Waals surface area contributed by atoms with Gasteiger partial charge in [0.2, 0.25) is 5.91 Å². The molecule has 1 heterocycles. The summed E-state index contributed by atoms with van der Waals surface area (Å²) in [6.07, 6.45) is 0.337. The number of aryl methyl sites for hydroxylation is 2. The van der Waals surface area contributed by atoms with E-state index >= 15 is 0 Å². The molecule has 0 bridgehead atoms. The maximum atomic E-state index is 12.0. The molecular formula is C21H29N5O. The zero-order chi connectivity index (χ0) is 19.6. The molecule has 0 radical (unpaired) electrons. The molecule has 6 nitrogen and oxygen atoms in total. The Morgan fingerprint density at radius 2 is 1.85 bits per heavy atom. The number of hydrogen-bond acceptors (Lipinski definition) is 3. The summed E-state index contributed by atoms with van der Waals surface area (Å²) in [7, 11) is 1.72. The molecule has 1 amide bonds. The van der Waals surface area contributed by atoms with E-state index in [2.05, 4.69) is 64.0 Å². The van der Waals surface area contributed by atoms with Crippen LogP contribution in [0.1, 0.15) is 36.1 Å². The third kappa shape index (κ3) is 7.09. The van der Waals surface area contributed by atoms with Gasteiger partial charge in [-0.2, -0.15) is 0 Å². The number of aromatic nitrogens is 1. The number of guanidine groups is 1. The van der Waals surface area contributed by atoms with Gasteiger partial charge in [-0.1, -0.05) is 42.8 Å². The average molecular weight is 367 g/mol. The first-order valence-corrected chi connectivity index (χ1v) is 9.22. The SMILES string of the molecule is CN=C(NCCC(=O)Nc1cccc(C)n1)NCC(C)c1ccc(C)cc1. The lowest BCUT2D eigenvalue weighted by Gasteiger charge is -2.16. The van der Waals surface area contributed by atoms with E-state index in [1.54, 1.807) is 13.1 Å². The topological polar surface area (TPSA) is 78.4 Å². The Morgan fingerprint density at radius 3 is 2.52 bits per heavy atom. The molecule has 0 fully saturated rings. The highest BCUT2D eigenvalue weighted by molar-refractivity contribution is 5.90. The number of hydrogen-bond donors (Lipinski definition) is 3. The van der Waals surface area contributed by atoms with Gasteiger partial charge in [0, 0.05) is 32.3 Å². The first-order valence-electron chi connectivity index (χ1n) is 9.22. The van der Waals surface area contributed by atoms with Crippen LogP contribution in [0.3, 0.4) is 0 Å². The van der Waals surface area contributed by atoms with Gasteiger partial charge in [0.25, 0.3) is 0 Å². The summed E-state index contributed by atoms with van der Waals surface area (Å²) in [4.78, 5) is 20.5. The van der Waals surface area contributed by atoms with E-state index in [0.717, 1.165) is 12.2 Å². The number of nitrogens with one attached hydrogen (secondary N) is 3. The summed E-state index contributed by atoms with van der Waals surface area (Å²) >= 11 is 0. The number of aliphatic imine (C=N–C) groups is 1. The lowest BCUT2D eigenvalue weighted by Crippen LogP contribution is -2.40. The van der Waals surface area contributed by atoms with Gasteiger partial charge < -0.3 is 16.0 Å². The van der Waals surface area contributed by atoms with E-state index in [1.807, 2.05) is 19.1 Å². The Morgan fingerprint density at radius 1 is 1.11 bits per heavy atom. The van der Waals surface area contributed by atoms with Crippen LogP contribution in [0.4, 0.5) is 5.82 Å². The second kappa shape index (κ2) is 10.3. The Kier molecular flexibility index (Phi) is 7.79. The van der Waals surface area contributed by atoms with Crippen molar-refractivity contribution in [1.29, 1.82) is 0 Å². The van der Waals surface area contributed by atoms with Gasteiger partial charge in [0.15, 0.2) is 5.96 Å². The zero-order valence-corrected chi connectivity index (χ0v) is 16.5. The number of nitrogens with zero attached hydrogens (tertiary/aromatic N) is 2. The van der Waals surface area contributed by atoms with E-state index in [1.165, 1.54) is 11.1 Å². The van der Waals surface area contributed by atoms with Crippen molar-refractivity contribution in [2.24, 2.45) is 4.99 Å². The van der Waals surface area contributed by atoms with Gasteiger partial charge in [0.05, 0.1) is 0 Å². The highest BCUT2D eigenvalue weighted by Gasteiger charge is 2.08. The van der Waals surface area contributed by atoms with Crippen molar-refractivity contribution in [3.05, 3.63) is 59.3 Å². The lowest BCUT2D eigenvalue weighted by molar-refractivity contribution is -0.116. The smallest absolute Gasteiger partial charge is 0.227 e. The normalized spacial score (nSPS) is 12.4. The van der Waals surface area contributed by atoms with Crippen LogP contribution in [0.2, 0.25) is 0 Å². The highest BCUT2D eigenvalue weighted by atomic mass is 16.1. The predicted octanol–water partition coefficient (Wildman–Crippen LogP) is 3.00. The predicted molar refractivity (Wildman–Crippen MR) is 111 cm³/mol. The molecule has 0 aliphatic carbocycles. The first-order chi connectivity index (χ1) is 13.0. The molecule has 27 heavy (non-hydrogen) atoms. The van der Waals surface area contributed by atoms with Crippen LogP contribution in [-0.2, 0) is 4.79 Å². The Bertz CT molecular complexity index is 770. The summed E-state index contributed by atoms with van der Waals surface area (Å²) in [5, 5.41) is 9.28. The Balaban J connectivity index is 1.72. The molecule has 0 saturated carbocycles. The monoisotopic (exact) mass is 367 g/mol. The molecule has 1 aromatic heterocycles. The van der Waals surface area contributed by atoms with Crippen molar-refractivity contribution in [3.63, 3.8) is 0 Å². The van der Waals surface area contributed by atoms with Crippen LogP contribution in [0.15, 0.2) is 47.5 Å². The molecule has 0 aliphatic rings. The molecule has 0 spiro atoms. The van der Waals surface area contributed by atoms with Crippen LogP contribution in [0.25, 0.3) is 0 Å². The van der Waals surface area contributed by atoms with Gasteiger partial charge in [-0.05, 0) is 37.5 Å². The maximum Gasteiger partial charge on any atom is 0.227 e. The molecule has 1 atom stereocenters. The number of rotatable bonds is 7. The molecule has 1 unspecified atom stereocenters. The largest absolute Gasteiger partial charge is 0.356 e. The van der Waals surface area contributed by atoms with E-state index < -0.39 is 0 Å². The lowest BCUT2D eigenvalue weighted by atomic mass is 10.0. The second-order valence-electron chi connectivity index (χ2n) is 6.65. The summed E-state index contributed by atoms with van der Waals surface area (Å²) in [6, 6.07) is 14.1. The van der Waals surface area contributed by atoms with Crippen molar-refractivity contribution in [3.8, 4) is 0 Å². The number of carbonyl (C=O) groups is 1. The van der Waals surface area contributed by atoms with Crippen LogP contribution < -0.4 is 16.0 Å². The third-order valence-corrected chi connectivity index (χ3v) is 4.25. The van der Waals surface area contributed by atoms with E-state index in [4.69, 9.17) is 0 Å². The van der Waals surface area contributed by atoms with E-state index in [0.29, 0.717) is 30.7 Å². The number of carbonyl (C=O) groups excluding carboxylic acids is 1. The Hall–Kier alpha value is -2.89. The van der Waals surface area contributed by atoms with Crippen LogP contribution in [0, 0.1) is 13.8 Å². The minimum atomic E-state index is -0.0796. The quantitative estimate of drug-likeness (QED) is 0.519. The summed E-state index contributed by atoms with van der Waals surface area (Å²) in [5.41, 5.74) is 3.42. The number of pyridine rings is 1. The Labute approximate surface area is 161 Å². The highest BCUT2D eigenvalue weighted by Crippen LogP contribution is 2.14. The van der Waals surface area contributed by atoms with Gasteiger partial charge in [-0.3, -0.25) is 9.79 Å². The van der Waals surface area contributed by atoms with Gasteiger partial charge >= 0.3 is 0 Å². The number of benzene rings is 1. The second-order valence-corrected chi connectivity index (χ2v) is 6.65. The summed E-state index contributed by atoms with van der Waals surface area (Å²) < 4.78 is 0. The molecule has 144 valence electrons. The molecule has 2 aromatic rings. The summed E-state index contributed by atoms with van der Waals surface area (Å²) in [5.74, 6) is 1.55. The fourth-order valence-electron chi connectivity index (χ4n) is 2.60. The fourth-order valence-corrected chi connectivity index (χ4v) is 2.60. The molecule has 0 saturated heterocycles. The average Bonchev–Trinajstić information content (AvgIpc) is 2.64. The zero-order valence-electron chi connectivity index (χ0n) is 16.5. The van der Waals surface area contributed by atoms with E-state index in [-0.39, 0.29) is 5.91 Å². The van der Waals surface area contributed by atoms with Gasteiger partial charge in [0.1, 0.15) is 5.82 Å². The molecule has 6 heteroatoms. The van der Waals surface area contributed by atoms with Crippen molar-refractivity contribution in [2.45, 2.75) is 33.1 Å². The molecular weight excluding hydrogens is 338 g/mol. The van der Waals surface area contributed by atoms with Crippen LogP contribution >= 0.6 is 0 Å². The fraction of sp³-hybridized carbons (Fsp3) is 0.381. The van der Waals surface area contributed by atoms with Gasteiger partial charge in [-0.25, -0.2) is 4.98 Å². The van der Waals surface area contributed by atoms with E-state index in [9.17, 15) is 4.79 Å². The molecule has 3 N–H and O–H groups in total. The molecule has 0 aliphatic heterocycles. The minimum Gasteiger partial charge on any atom is -0.356 e. The first kappa shape index (κ1) is 20.4. The van der Waals surface area contributed by atoms with Crippen molar-refractivity contribution in [1.82, 2.24) is 15.6 Å². The minimum absolute atomic E-state index is 0.0796. The van der Waals surface area contributed by atoms with Gasteiger partial charge in [-0.15, -0.1) is 0 Å². The number of anilines is 1. The van der Waals surface area contributed by atoms with Crippen LogP contribution in [-0.4, -0.2) is 37.0 Å². The van der Waals surface area contributed by atoms with Crippen LogP contribution in [0.5, 0.6) is 0 Å². The summed E-state index contributed by atoms with van der Waals surface area (Å²) in [6.45, 7) is 7.42. The van der Waals surface area contributed by atoms with Crippen molar-refractivity contribution >= 4 is 17.7 Å². The maximum absolute atomic E-state index is 12.0. The standard InChI is InChI=1S/C21H29N5O/c1-15-8-10-18(11-9-15)16(2)14-24-21(22-4)23-13-12-20(27)26-19-7-5-6-17(3)25-19/h5-11,16H,12-14H2,1-4H3,(H2,22,23,24)(H,25,26,27). The molecule has 2 rings (SSSR count). The van der Waals surface area contributed by atoms with Crippen molar-refractivity contribution in [2.75, 3.05) is 25.5 Å².